The van der Waals surface area contributed by atoms with E-state index in [-0.39, 0.29) is 29.3 Å². The molecule has 3 N–H and O–H groups in total. The van der Waals surface area contributed by atoms with Crippen molar-refractivity contribution in [1.82, 2.24) is 9.88 Å². The topological polar surface area (TPSA) is 131 Å². The molecule has 26 heavy (non-hydrogen) atoms. The molecule has 0 amide bonds. The average Bonchev–Trinajstić information content (AvgIpc) is 2.93. The molecular weight excluding hydrogens is 363 g/mol. The van der Waals surface area contributed by atoms with E-state index in [1.165, 1.54) is 31.4 Å². The number of ether oxygens (including phenoxy) is 2. The zero-order valence-corrected chi connectivity index (χ0v) is 15.5. The van der Waals surface area contributed by atoms with Gasteiger partial charge in [0.05, 0.1) is 18.1 Å². The average molecular weight is 384 g/mol. The van der Waals surface area contributed by atoms with E-state index in [1.807, 2.05) is 0 Å². The fraction of sp³-hybridized carbons (Fsp3) is 0.400. The fourth-order valence-electron chi connectivity index (χ4n) is 2.24. The predicted molar refractivity (Wildman–Crippen MR) is 93.1 cm³/mol. The Morgan fingerprint density at radius 1 is 1.27 bits per heavy atom. The van der Waals surface area contributed by atoms with Gasteiger partial charge in [0.25, 0.3) is 0 Å². The van der Waals surface area contributed by atoms with Crippen LogP contribution in [-0.4, -0.2) is 51.1 Å². The minimum atomic E-state index is -4.15. The Labute approximate surface area is 152 Å². The third-order valence-corrected chi connectivity index (χ3v) is 5.24. The molecule has 0 saturated heterocycles. The van der Waals surface area contributed by atoms with Crippen LogP contribution < -0.4 is 10.2 Å². The number of methoxy groups -OCH3 is 1. The number of hydrogen-bond donors (Lipinski definition) is 3. The van der Waals surface area contributed by atoms with E-state index in [1.54, 1.807) is 13.8 Å². The van der Waals surface area contributed by atoms with Gasteiger partial charge in [-0.25, -0.2) is 8.42 Å². The quantitative estimate of drug-likeness (QED) is 0.303. The summed E-state index contributed by atoms with van der Waals surface area (Å²) in [4.78, 5) is -0.270. The Bertz CT molecular complexity index is 838. The smallest absolute Gasteiger partial charge is 0.423 e. The van der Waals surface area contributed by atoms with E-state index < -0.39 is 23.4 Å². The van der Waals surface area contributed by atoms with Gasteiger partial charge in [0, 0.05) is 18.1 Å². The number of nitrogens with zero attached hydrogens (tertiary/aromatic N) is 1. The first-order chi connectivity index (χ1) is 12.3. The monoisotopic (exact) mass is 384 g/mol. The van der Waals surface area contributed by atoms with Crippen LogP contribution in [0.1, 0.15) is 23.2 Å². The van der Waals surface area contributed by atoms with E-state index in [0.717, 1.165) is 0 Å². The van der Waals surface area contributed by atoms with Crippen molar-refractivity contribution < 1.29 is 32.5 Å². The molecule has 0 fully saturated rings. The Morgan fingerprint density at radius 3 is 2.54 bits per heavy atom. The fourth-order valence-corrected chi connectivity index (χ4v) is 3.57. The predicted octanol–water partition coefficient (Wildman–Crippen LogP) is -0.389. The van der Waals surface area contributed by atoms with Gasteiger partial charge in [-0.3, -0.25) is 0 Å². The number of aryl methyl sites for hydroxylation is 1. The summed E-state index contributed by atoms with van der Waals surface area (Å²) in [5.74, 6) is 0.533. The van der Waals surface area contributed by atoms with Gasteiger partial charge in [0.2, 0.25) is 10.0 Å². The number of nitrogens with one attached hydrogen (secondary N) is 1. The second kappa shape index (κ2) is 8.76. The molecule has 0 aliphatic heterocycles. The zero-order valence-electron chi connectivity index (χ0n) is 14.7. The number of aromatic nitrogens is 1. The molecule has 2 rings (SSSR count). The highest BCUT2D eigenvalue weighted by atomic mass is 32.2. The van der Waals surface area contributed by atoms with Gasteiger partial charge in [-0.05, 0) is 19.9 Å². The molecule has 0 spiro atoms. The molecule has 11 heteroatoms. The summed E-state index contributed by atoms with van der Waals surface area (Å²) in [6.45, 7) is 3.79. The summed E-state index contributed by atoms with van der Waals surface area (Å²) >= 11 is 0. The van der Waals surface area contributed by atoms with Crippen molar-refractivity contribution in [3.05, 3.63) is 41.3 Å². The Morgan fingerprint density at radius 2 is 1.96 bits per heavy atom. The van der Waals surface area contributed by atoms with Crippen molar-refractivity contribution >= 4 is 22.6 Å². The van der Waals surface area contributed by atoms with Crippen LogP contribution in [-0.2, 0) is 19.5 Å². The third-order valence-electron chi connectivity index (χ3n) is 3.76. The van der Waals surface area contributed by atoms with Crippen LogP contribution >= 0.6 is 0 Å². The molecule has 1 heterocycles. The SMILES string of the molecule is COCCOC(NS(=O)(=O)c1ccccc1B(O)O)c1noc(C)c1C. The van der Waals surface area contributed by atoms with Gasteiger partial charge in [-0.2, -0.15) is 4.72 Å². The van der Waals surface area contributed by atoms with E-state index in [4.69, 9.17) is 14.0 Å². The van der Waals surface area contributed by atoms with Gasteiger partial charge in [-0.15, -0.1) is 0 Å². The maximum absolute atomic E-state index is 12.8. The summed E-state index contributed by atoms with van der Waals surface area (Å²) in [6, 6.07) is 5.56. The van der Waals surface area contributed by atoms with Gasteiger partial charge in [0.15, 0.2) is 6.23 Å². The number of rotatable bonds is 9. The standard InChI is InChI=1S/C15H21BN2O7S/c1-10-11(2)25-17-14(10)15(24-9-8-23-3)18-26(21,22)13-7-5-4-6-12(13)16(19)20/h4-7,15,18-20H,8-9H2,1-3H3. The van der Waals surface area contributed by atoms with Gasteiger partial charge >= 0.3 is 7.12 Å². The maximum atomic E-state index is 12.8. The van der Waals surface area contributed by atoms with Crippen LogP contribution in [0, 0.1) is 13.8 Å². The Hall–Kier alpha value is -1.76. The van der Waals surface area contributed by atoms with Crippen LogP contribution in [0.4, 0.5) is 0 Å². The molecule has 1 aromatic carbocycles. The lowest BCUT2D eigenvalue weighted by Crippen LogP contribution is -2.39. The summed E-state index contributed by atoms with van der Waals surface area (Å²) in [5.41, 5.74) is 0.776. The summed E-state index contributed by atoms with van der Waals surface area (Å²) in [7, 11) is -4.59. The highest BCUT2D eigenvalue weighted by Crippen LogP contribution is 2.22. The Kier molecular flexibility index (Phi) is 6.92. The third kappa shape index (κ3) is 4.69. The Balaban J connectivity index is 2.36. The minimum absolute atomic E-state index is 0.110. The molecule has 1 unspecified atom stereocenters. The molecule has 0 aliphatic rings. The normalized spacial score (nSPS) is 13.0. The van der Waals surface area contributed by atoms with Crippen molar-refractivity contribution in [1.29, 1.82) is 0 Å². The summed E-state index contributed by atoms with van der Waals surface area (Å²) < 4.78 is 43.5. The van der Waals surface area contributed by atoms with E-state index >= 15 is 0 Å². The molecule has 9 nitrogen and oxygen atoms in total. The largest absolute Gasteiger partial charge is 0.489 e. The molecule has 142 valence electrons. The molecule has 1 aromatic heterocycles. The van der Waals surface area contributed by atoms with Crippen molar-refractivity contribution in [2.24, 2.45) is 0 Å². The molecular formula is C15H21BN2O7S. The number of sulfonamides is 1. The van der Waals surface area contributed by atoms with Crippen molar-refractivity contribution in [3.8, 4) is 0 Å². The number of hydrogen-bond acceptors (Lipinski definition) is 8. The highest BCUT2D eigenvalue weighted by molar-refractivity contribution is 7.89. The molecule has 2 aromatic rings. The lowest BCUT2D eigenvalue weighted by atomic mass is 9.80. The maximum Gasteiger partial charge on any atom is 0.489 e. The number of benzene rings is 1. The lowest BCUT2D eigenvalue weighted by molar-refractivity contribution is 0.00689. The second-order valence-electron chi connectivity index (χ2n) is 5.53. The van der Waals surface area contributed by atoms with Crippen LogP contribution in [0.2, 0.25) is 0 Å². The van der Waals surface area contributed by atoms with Gasteiger partial charge in [-0.1, -0.05) is 23.4 Å². The molecule has 1 atom stereocenters. The van der Waals surface area contributed by atoms with Crippen LogP contribution in [0.25, 0.3) is 0 Å². The second-order valence-corrected chi connectivity index (χ2v) is 7.21. The summed E-state index contributed by atoms with van der Waals surface area (Å²) in [6.07, 6.45) is -1.13. The van der Waals surface area contributed by atoms with Gasteiger partial charge in [0.1, 0.15) is 11.5 Å². The van der Waals surface area contributed by atoms with Gasteiger partial charge < -0.3 is 24.0 Å². The van der Waals surface area contributed by atoms with Crippen LogP contribution in [0.3, 0.4) is 0 Å². The first-order valence-corrected chi connectivity index (χ1v) is 9.27. The minimum Gasteiger partial charge on any atom is -0.423 e. The van der Waals surface area contributed by atoms with E-state index in [0.29, 0.717) is 11.3 Å². The molecule has 0 saturated carbocycles. The lowest BCUT2D eigenvalue weighted by Gasteiger charge is -2.19. The van der Waals surface area contributed by atoms with Crippen LogP contribution in [0.15, 0.2) is 33.7 Å². The summed E-state index contributed by atoms with van der Waals surface area (Å²) in [5, 5.41) is 22.7. The first-order valence-electron chi connectivity index (χ1n) is 7.78. The van der Waals surface area contributed by atoms with Crippen molar-refractivity contribution in [2.45, 2.75) is 25.0 Å². The molecule has 0 radical (unpaired) electrons. The molecule has 0 aliphatic carbocycles. The molecule has 0 bridgehead atoms. The van der Waals surface area contributed by atoms with Crippen molar-refractivity contribution in [3.63, 3.8) is 0 Å². The first kappa shape index (κ1) is 20.6. The van der Waals surface area contributed by atoms with Crippen LogP contribution in [0.5, 0.6) is 0 Å². The van der Waals surface area contributed by atoms with Crippen molar-refractivity contribution in [2.75, 3.05) is 20.3 Å². The highest BCUT2D eigenvalue weighted by Gasteiger charge is 2.30. The van der Waals surface area contributed by atoms with E-state index in [2.05, 4.69) is 9.88 Å². The van der Waals surface area contributed by atoms with E-state index in [9.17, 15) is 18.5 Å². The zero-order chi connectivity index (χ0) is 19.3.